The second kappa shape index (κ2) is 3.97. The van der Waals surface area contributed by atoms with E-state index in [1.807, 2.05) is 31.2 Å². The lowest BCUT2D eigenvalue weighted by Gasteiger charge is -2.03. The number of aromatic nitrogens is 1. The summed E-state index contributed by atoms with van der Waals surface area (Å²) in [5, 5.41) is 12.9. The Hall–Kier alpha value is -2.08. The zero-order valence-corrected chi connectivity index (χ0v) is 8.49. The standard InChI is InChI=1S/C12H11N3/c1-2-14-12-6-4-10-7-9(8-13)3-5-11(10)15-12/h3-7H,2H2,1H3,(H,14,15). The molecule has 0 radical (unpaired) electrons. The first-order valence-corrected chi connectivity index (χ1v) is 4.88. The van der Waals surface area contributed by atoms with Crippen LogP contribution in [-0.2, 0) is 0 Å². The summed E-state index contributed by atoms with van der Waals surface area (Å²) in [6.07, 6.45) is 0. The van der Waals surface area contributed by atoms with Crippen LogP contribution in [0.3, 0.4) is 0 Å². The molecule has 0 aliphatic carbocycles. The smallest absolute Gasteiger partial charge is 0.126 e. The number of pyridine rings is 1. The first-order chi connectivity index (χ1) is 7.33. The Bertz CT molecular complexity index is 526. The maximum atomic E-state index is 8.75. The van der Waals surface area contributed by atoms with Crippen molar-refractivity contribution in [1.82, 2.24) is 4.98 Å². The number of rotatable bonds is 2. The number of nitrogens with zero attached hydrogens (tertiary/aromatic N) is 2. The lowest BCUT2D eigenvalue weighted by atomic mass is 10.1. The first-order valence-electron chi connectivity index (χ1n) is 4.88. The van der Waals surface area contributed by atoms with Gasteiger partial charge in [0.25, 0.3) is 0 Å². The Kier molecular flexibility index (Phi) is 2.51. The van der Waals surface area contributed by atoms with Crippen LogP contribution in [0.5, 0.6) is 0 Å². The monoisotopic (exact) mass is 197 g/mol. The zero-order chi connectivity index (χ0) is 10.7. The number of nitrogens with one attached hydrogen (secondary N) is 1. The molecular weight excluding hydrogens is 186 g/mol. The lowest BCUT2D eigenvalue weighted by molar-refractivity contribution is 1.17. The third-order valence-corrected chi connectivity index (χ3v) is 2.18. The Morgan fingerprint density at radius 2 is 2.20 bits per heavy atom. The van der Waals surface area contributed by atoms with Gasteiger partial charge in [-0.25, -0.2) is 4.98 Å². The molecule has 0 aliphatic rings. The predicted molar refractivity (Wildman–Crippen MR) is 60.6 cm³/mol. The van der Waals surface area contributed by atoms with Crippen molar-refractivity contribution >= 4 is 16.7 Å². The summed E-state index contributed by atoms with van der Waals surface area (Å²) in [6.45, 7) is 2.89. The lowest BCUT2D eigenvalue weighted by Crippen LogP contribution is -1.98. The van der Waals surface area contributed by atoms with Crippen molar-refractivity contribution in [1.29, 1.82) is 5.26 Å². The number of fused-ring (bicyclic) bond motifs is 1. The number of nitriles is 1. The molecule has 3 nitrogen and oxygen atoms in total. The minimum absolute atomic E-state index is 0.667. The quantitative estimate of drug-likeness (QED) is 0.804. The normalized spacial score (nSPS) is 9.87. The van der Waals surface area contributed by atoms with Crippen LogP contribution >= 0.6 is 0 Å². The van der Waals surface area contributed by atoms with Gasteiger partial charge >= 0.3 is 0 Å². The van der Waals surface area contributed by atoms with Gasteiger partial charge in [0.15, 0.2) is 0 Å². The summed E-state index contributed by atoms with van der Waals surface area (Å²) in [6, 6.07) is 11.5. The Morgan fingerprint density at radius 3 is 2.93 bits per heavy atom. The molecule has 1 heterocycles. The summed E-state index contributed by atoms with van der Waals surface area (Å²) in [4.78, 5) is 4.42. The molecule has 0 bridgehead atoms. The van der Waals surface area contributed by atoms with Crippen LogP contribution < -0.4 is 5.32 Å². The molecule has 0 amide bonds. The van der Waals surface area contributed by atoms with E-state index in [0.29, 0.717) is 5.56 Å². The van der Waals surface area contributed by atoms with Crippen LogP contribution in [0.1, 0.15) is 12.5 Å². The molecular formula is C12H11N3. The SMILES string of the molecule is CCNc1ccc2cc(C#N)ccc2n1. The fourth-order valence-corrected chi connectivity index (χ4v) is 1.47. The maximum absolute atomic E-state index is 8.75. The number of anilines is 1. The second-order valence-electron chi connectivity index (χ2n) is 3.25. The van der Waals surface area contributed by atoms with E-state index in [1.165, 1.54) is 0 Å². The summed E-state index contributed by atoms with van der Waals surface area (Å²) in [5.74, 6) is 0.870. The van der Waals surface area contributed by atoms with Crippen molar-refractivity contribution in [2.75, 3.05) is 11.9 Å². The molecule has 0 spiro atoms. The Morgan fingerprint density at radius 1 is 1.33 bits per heavy atom. The molecule has 1 N–H and O–H groups in total. The average Bonchev–Trinajstić information content (AvgIpc) is 2.29. The molecule has 1 aromatic carbocycles. The minimum Gasteiger partial charge on any atom is -0.370 e. The van der Waals surface area contributed by atoms with Crippen molar-refractivity contribution in [3.8, 4) is 6.07 Å². The highest BCUT2D eigenvalue weighted by Gasteiger charge is 1.98. The van der Waals surface area contributed by atoms with Crippen molar-refractivity contribution in [2.45, 2.75) is 6.92 Å². The van der Waals surface area contributed by atoms with Crippen molar-refractivity contribution < 1.29 is 0 Å². The number of hydrogen-bond donors (Lipinski definition) is 1. The van der Waals surface area contributed by atoms with Gasteiger partial charge in [0.1, 0.15) is 5.82 Å². The largest absolute Gasteiger partial charge is 0.370 e. The van der Waals surface area contributed by atoms with Gasteiger partial charge < -0.3 is 5.32 Å². The summed E-state index contributed by atoms with van der Waals surface area (Å²) < 4.78 is 0. The molecule has 2 aromatic rings. The van der Waals surface area contributed by atoms with Gasteiger partial charge in [0.2, 0.25) is 0 Å². The second-order valence-corrected chi connectivity index (χ2v) is 3.25. The van der Waals surface area contributed by atoms with E-state index >= 15 is 0 Å². The molecule has 0 saturated heterocycles. The summed E-state index contributed by atoms with van der Waals surface area (Å²) in [7, 11) is 0. The molecule has 0 unspecified atom stereocenters. The van der Waals surface area contributed by atoms with E-state index in [4.69, 9.17) is 5.26 Å². The molecule has 74 valence electrons. The minimum atomic E-state index is 0.667. The van der Waals surface area contributed by atoms with E-state index in [-0.39, 0.29) is 0 Å². The van der Waals surface area contributed by atoms with Crippen LogP contribution in [0.15, 0.2) is 30.3 Å². The Balaban J connectivity index is 2.51. The third kappa shape index (κ3) is 1.89. The number of hydrogen-bond acceptors (Lipinski definition) is 3. The molecule has 0 saturated carbocycles. The molecule has 1 aromatic heterocycles. The van der Waals surface area contributed by atoms with Gasteiger partial charge in [0.05, 0.1) is 17.1 Å². The highest BCUT2D eigenvalue weighted by atomic mass is 15.0. The Labute approximate surface area is 88.4 Å². The van der Waals surface area contributed by atoms with Gasteiger partial charge in [-0.15, -0.1) is 0 Å². The van der Waals surface area contributed by atoms with Crippen LogP contribution in [0.25, 0.3) is 10.9 Å². The van der Waals surface area contributed by atoms with Gasteiger partial charge in [-0.3, -0.25) is 0 Å². The van der Waals surface area contributed by atoms with E-state index < -0.39 is 0 Å². The van der Waals surface area contributed by atoms with Crippen molar-refractivity contribution in [3.63, 3.8) is 0 Å². The van der Waals surface area contributed by atoms with Gasteiger partial charge in [-0.05, 0) is 37.3 Å². The van der Waals surface area contributed by atoms with Crippen molar-refractivity contribution in [2.24, 2.45) is 0 Å². The highest BCUT2D eigenvalue weighted by molar-refractivity contribution is 5.81. The third-order valence-electron chi connectivity index (χ3n) is 2.18. The fourth-order valence-electron chi connectivity index (χ4n) is 1.47. The van der Waals surface area contributed by atoms with Gasteiger partial charge in [-0.1, -0.05) is 0 Å². The molecule has 0 aliphatic heterocycles. The van der Waals surface area contributed by atoms with E-state index in [2.05, 4.69) is 16.4 Å². The number of benzene rings is 1. The van der Waals surface area contributed by atoms with Crippen LogP contribution in [-0.4, -0.2) is 11.5 Å². The van der Waals surface area contributed by atoms with E-state index in [9.17, 15) is 0 Å². The topological polar surface area (TPSA) is 48.7 Å². The van der Waals surface area contributed by atoms with Crippen LogP contribution in [0.4, 0.5) is 5.82 Å². The fraction of sp³-hybridized carbons (Fsp3) is 0.167. The highest BCUT2D eigenvalue weighted by Crippen LogP contribution is 2.16. The van der Waals surface area contributed by atoms with Crippen LogP contribution in [0.2, 0.25) is 0 Å². The first kappa shape index (κ1) is 9.47. The molecule has 0 fully saturated rings. The molecule has 2 rings (SSSR count). The molecule has 3 heteroatoms. The van der Waals surface area contributed by atoms with Gasteiger partial charge in [0, 0.05) is 11.9 Å². The van der Waals surface area contributed by atoms with Crippen LogP contribution in [0, 0.1) is 11.3 Å². The van der Waals surface area contributed by atoms with E-state index in [0.717, 1.165) is 23.3 Å². The zero-order valence-electron chi connectivity index (χ0n) is 8.49. The van der Waals surface area contributed by atoms with Crippen molar-refractivity contribution in [3.05, 3.63) is 35.9 Å². The predicted octanol–water partition coefficient (Wildman–Crippen LogP) is 2.54. The molecule has 15 heavy (non-hydrogen) atoms. The maximum Gasteiger partial charge on any atom is 0.126 e. The average molecular weight is 197 g/mol. The molecule has 0 atom stereocenters. The summed E-state index contributed by atoms with van der Waals surface area (Å²) >= 11 is 0. The summed E-state index contributed by atoms with van der Waals surface area (Å²) in [5.41, 5.74) is 1.58. The van der Waals surface area contributed by atoms with E-state index in [1.54, 1.807) is 6.07 Å². The van der Waals surface area contributed by atoms with Gasteiger partial charge in [-0.2, -0.15) is 5.26 Å².